The number of anilines is 1. The number of nitro benzene ring substituents is 1. The van der Waals surface area contributed by atoms with Gasteiger partial charge in [-0.15, -0.1) is 0 Å². The molecule has 0 radical (unpaired) electrons. The van der Waals surface area contributed by atoms with Gasteiger partial charge in [0.2, 0.25) is 0 Å². The summed E-state index contributed by atoms with van der Waals surface area (Å²) in [5, 5.41) is 24.3. The van der Waals surface area contributed by atoms with Gasteiger partial charge in [0.05, 0.1) is 11.0 Å². The number of aliphatic hydroxyl groups is 1. The van der Waals surface area contributed by atoms with Gasteiger partial charge in [0.25, 0.3) is 11.6 Å². The average Bonchev–Trinajstić information content (AvgIpc) is 3.02. The Hall–Kier alpha value is -2.15. The molecule has 25 heavy (non-hydrogen) atoms. The van der Waals surface area contributed by atoms with Gasteiger partial charge in [-0.3, -0.25) is 14.9 Å². The third kappa shape index (κ3) is 3.61. The number of nitrogens with zero attached hydrogens (tertiary/aromatic N) is 2. The molecule has 1 heterocycles. The van der Waals surface area contributed by atoms with Gasteiger partial charge in [-0.05, 0) is 37.3 Å². The Morgan fingerprint density at radius 3 is 2.68 bits per heavy atom. The Labute approximate surface area is 147 Å². The van der Waals surface area contributed by atoms with E-state index in [1.54, 1.807) is 12.1 Å². The molecule has 1 saturated carbocycles. The van der Waals surface area contributed by atoms with Crippen molar-refractivity contribution < 1.29 is 14.8 Å². The van der Waals surface area contributed by atoms with Gasteiger partial charge < -0.3 is 15.3 Å². The molecule has 7 heteroatoms. The van der Waals surface area contributed by atoms with Crippen molar-refractivity contribution in [3.63, 3.8) is 0 Å². The van der Waals surface area contributed by atoms with Crippen LogP contribution in [-0.2, 0) is 0 Å². The minimum Gasteiger partial charge on any atom is -0.391 e. The second-order valence-corrected chi connectivity index (χ2v) is 7.05. The molecular weight excluding hydrogens is 322 g/mol. The van der Waals surface area contributed by atoms with Crippen LogP contribution in [0, 0.1) is 16.0 Å². The molecular formula is C18H25N3O4. The molecule has 136 valence electrons. The van der Waals surface area contributed by atoms with Crippen LogP contribution < -0.4 is 10.2 Å². The van der Waals surface area contributed by atoms with Crippen LogP contribution in [0.2, 0.25) is 0 Å². The van der Waals surface area contributed by atoms with E-state index in [2.05, 4.69) is 5.32 Å². The van der Waals surface area contributed by atoms with Crippen LogP contribution in [0.5, 0.6) is 0 Å². The van der Waals surface area contributed by atoms with Gasteiger partial charge in [0.1, 0.15) is 5.69 Å². The van der Waals surface area contributed by atoms with Crippen molar-refractivity contribution in [2.45, 2.75) is 50.7 Å². The molecule has 2 N–H and O–H groups in total. The average molecular weight is 347 g/mol. The molecule has 2 fully saturated rings. The summed E-state index contributed by atoms with van der Waals surface area (Å²) in [4.78, 5) is 24.9. The lowest BCUT2D eigenvalue weighted by atomic mass is 9.82. The number of benzene rings is 1. The quantitative estimate of drug-likeness (QED) is 0.644. The van der Waals surface area contributed by atoms with Crippen LogP contribution >= 0.6 is 0 Å². The Kier molecular flexibility index (Phi) is 5.22. The van der Waals surface area contributed by atoms with Crippen LogP contribution in [0.1, 0.15) is 48.9 Å². The number of nitro groups is 1. The number of carbonyl (C=O) groups is 1. The van der Waals surface area contributed by atoms with Crippen LogP contribution in [0.3, 0.4) is 0 Å². The van der Waals surface area contributed by atoms with Gasteiger partial charge in [-0.2, -0.15) is 0 Å². The molecule has 1 saturated heterocycles. The summed E-state index contributed by atoms with van der Waals surface area (Å²) in [7, 11) is 1.50. The first kappa shape index (κ1) is 17.7. The lowest BCUT2D eigenvalue weighted by Crippen LogP contribution is -2.37. The highest BCUT2D eigenvalue weighted by Crippen LogP contribution is 2.40. The molecule has 1 aromatic carbocycles. The second kappa shape index (κ2) is 7.39. The topological polar surface area (TPSA) is 95.7 Å². The summed E-state index contributed by atoms with van der Waals surface area (Å²) < 4.78 is 0. The van der Waals surface area contributed by atoms with E-state index in [1.165, 1.54) is 32.4 Å². The Balaban J connectivity index is 1.95. The smallest absolute Gasteiger partial charge is 0.293 e. The molecule has 1 aromatic rings. The summed E-state index contributed by atoms with van der Waals surface area (Å²) in [6, 6.07) is 4.72. The van der Waals surface area contributed by atoms with E-state index in [0.717, 1.165) is 12.8 Å². The standard InChI is InChI=1S/C18H25N3O4/c1-19-18(23)13-7-8-15(17(9-13)21(24)25)20-11-14(22)10-16(20)12-5-3-2-4-6-12/h7-9,12,14,16,22H,2-6,10-11H2,1H3,(H,19,23). The summed E-state index contributed by atoms with van der Waals surface area (Å²) in [6.45, 7) is 0.404. The minimum absolute atomic E-state index is 0.0731. The highest BCUT2D eigenvalue weighted by atomic mass is 16.6. The van der Waals surface area contributed by atoms with Crippen molar-refractivity contribution in [1.82, 2.24) is 5.32 Å². The predicted octanol–water partition coefficient (Wildman–Crippen LogP) is 2.47. The molecule has 0 aromatic heterocycles. The van der Waals surface area contributed by atoms with E-state index >= 15 is 0 Å². The zero-order chi connectivity index (χ0) is 18.0. The molecule has 3 rings (SSSR count). The van der Waals surface area contributed by atoms with Gasteiger partial charge in [-0.25, -0.2) is 0 Å². The van der Waals surface area contributed by atoms with Gasteiger partial charge >= 0.3 is 0 Å². The van der Waals surface area contributed by atoms with E-state index in [9.17, 15) is 20.0 Å². The third-order valence-corrected chi connectivity index (χ3v) is 5.49. The maximum Gasteiger partial charge on any atom is 0.293 e. The summed E-state index contributed by atoms with van der Waals surface area (Å²) in [5.41, 5.74) is 0.702. The number of carbonyl (C=O) groups excluding carboxylic acids is 1. The fourth-order valence-corrected chi connectivity index (χ4v) is 4.28. The highest BCUT2D eigenvalue weighted by molar-refractivity contribution is 5.95. The number of hydrogen-bond donors (Lipinski definition) is 2. The normalized spacial score (nSPS) is 24.3. The summed E-state index contributed by atoms with van der Waals surface area (Å²) in [5.74, 6) is 0.115. The first-order valence-electron chi connectivity index (χ1n) is 8.96. The van der Waals surface area contributed by atoms with Crippen molar-refractivity contribution >= 4 is 17.3 Å². The van der Waals surface area contributed by atoms with Gasteiger partial charge in [0.15, 0.2) is 0 Å². The number of aliphatic hydroxyl groups excluding tert-OH is 1. The first-order chi connectivity index (χ1) is 12.0. The molecule has 0 spiro atoms. The lowest BCUT2D eigenvalue weighted by molar-refractivity contribution is -0.384. The van der Waals surface area contributed by atoms with E-state index < -0.39 is 11.0 Å². The second-order valence-electron chi connectivity index (χ2n) is 7.05. The van der Waals surface area contributed by atoms with Crippen LogP contribution in [0.4, 0.5) is 11.4 Å². The molecule has 0 bridgehead atoms. The number of nitrogens with one attached hydrogen (secondary N) is 1. The minimum atomic E-state index is -0.467. The molecule has 2 atom stereocenters. The molecule has 2 unspecified atom stereocenters. The summed E-state index contributed by atoms with van der Waals surface area (Å²) >= 11 is 0. The molecule has 7 nitrogen and oxygen atoms in total. The molecule has 1 aliphatic heterocycles. The van der Waals surface area contributed by atoms with Crippen molar-refractivity contribution in [2.75, 3.05) is 18.5 Å². The maximum absolute atomic E-state index is 11.8. The van der Waals surface area contributed by atoms with E-state index in [1.807, 2.05) is 4.90 Å². The zero-order valence-electron chi connectivity index (χ0n) is 14.5. The lowest BCUT2D eigenvalue weighted by Gasteiger charge is -2.34. The summed E-state index contributed by atoms with van der Waals surface area (Å²) in [6.07, 6.45) is 6.01. The monoisotopic (exact) mass is 347 g/mol. The molecule has 1 aliphatic carbocycles. The number of rotatable bonds is 4. The predicted molar refractivity (Wildman–Crippen MR) is 94.8 cm³/mol. The van der Waals surface area contributed by atoms with E-state index in [4.69, 9.17) is 0 Å². The van der Waals surface area contributed by atoms with Crippen LogP contribution in [0.25, 0.3) is 0 Å². The Morgan fingerprint density at radius 2 is 2.04 bits per heavy atom. The van der Waals surface area contributed by atoms with Crippen molar-refractivity contribution in [3.05, 3.63) is 33.9 Å². The number of β-amino-alcohol motifs (C(OH)–C–C–N with tert-alkyl or cyclic N) is 1. The fraction of sp³-hybridized carbons (Fsp3) is 0.611. The molecule has 1 amide bonds. The molecule has 2 aliphatic rings. The van der Waals surface area contributed by atoms with E-state index in [-0.39, 0.29) is 23.2 Å². The first-order valence-corrected chi connectivity index (χ1v) is 8.96. The van der Waals surface area contributed by atoms with Gasteiger partial charge in [0, 0.05) is 31.3 Å². The zero-order valence-corrected chi connectivity index (χ0v) is 14.5. The Bertz CT molecular complexity index is 658. The van der Waals surface area contributed by atoms with E-state index in [0.29, 0.717) is 24.6 Å². The van der Waals surface area contributed by atoms with Crippen LogP contribution in [-0.4, -0.2) is 41.7 Å². The van der Waals surface area contributed by atoms with Crippen molar-refractivity contribution in [3.8, 4) is 0 Å². The SMILES string of the molecule is CNC(=O)c1ccc(N2CC(O)CC2C2CCCCC2)c([N+](=O)[O-])c1. The maximum atomic E-state index is 11.8. The third-order valence-electron chi connectivity index (χ3n) is 5.49. The van der Waals surface area contributed by atoms with Crippen LogP contribution in [0.15, 0.2) is 18.2 Å². The van der Waals surface area contributed by atoms with Gasteiger partial charge in [-0.1, -0.05) is 19.3 Å². The Morgan fingerprint density at radius 1 is 1.32 bits per heavy atom. The number of hydrogen-bond acceptors (Lipinski definition) is 5. The largest absolute Gasteiger partial charge is 0.391 e. The fourth-order valence-electron chi connectivity index (χ4n) is 4.28. The van der Waals surface area contributed by atoms with Crippen molar-refractivity contribution in [1.29, 1.82) is 0 Å². The highest BCUT2D eigenvalue weighted by Gasteiger charge is 2.39. The van der Waals surface area contributed by atoms with Crippen molar-refractivity contribution in [2.24, 2.45) is 5.92 Å². The number of amides is 1.